The van der Waals surface area contributed by atoms with Gasteiger partial charge < -0.3 is 18.9 Å². The first kappa shape index (κ1) is 26.9. The van der Waals surface area contributed by atoms with Gasteiger partial charge in [-0.05, 0) is 42.0 Å². The third-order valence-corrected chi connectivity index (χ3v) is 4.08. The molecule has 0 unspecified atom stereocenters. The fraction of sp³-hybridized carbons (Fsp3) is 0. The zero-order valence-corrected chi connectivity index (χ0v) is 18.9. The van der Waals surface area contributed by atoms with Crippen molar-refractivity contribution >= 4 is 35.7 Å². The molecule has 0 N–H and O–H groups in total. The Bertz CT molecular complexity index is 1260. The lowest BCUT2D eigenvalue weighted by molar-refractivity contribution is -0.131. The quantitative estimate of drug-likeness (QED) is 0.200. The van der Waals surface area contributed by atoms with Crippen molar-refractivity contribution in [1.82, 2.24) is 0 Å². The van der Waals surface area contributed by atoms with Gasteiger partial charge >= 0.3 is 23.9 Å². The number of allylic oxidation sites excluding steroid dienone is 1. The van der Waals surface area contributed by atoms with E-state index in [4.69, 9.17) is 18.9 Å². The second kappa shape index (κ2) is 12.8. The lowest BCUT2D eigenvalue weighted by atomic mass is 10.1. The number of esters is 4. The van der Waals surface area contributed by atoms with Crippen molar-refractivity contribution in [3.8, 4) is 23.0 Å². The van der Waals surface area contributed by atoms with Crippen LogP contribution in [-0.2, 0) is 19.2 Å². The van der Waals surface area contributed by atoms with E-state index in [0.29, 0.717) is 5.56 Å². The minimum atomic E-state index is -0.835. The molecule has 0 spiro atoms. The minimum absolute atomic E-state index is 0.0355. The van der Waals surface area contributed by atoms with Crippen molar-refractivity contribution < 1.29 is 42.9 Å². The zero-order valence-electron chi connectivity index (χ0n) is 18.9. The molecule has 0 aliphatic rings. The standard InChI is InChI=1S/C27H20O9/c1-5-24(29)33-19-13-17(14-20(16-19)34-25(30)6-2)9-11-21(28)18-10-12-22(35-26(31)7-3)23(15-18)36-27(32)8-4/h5-16H,1-4H2. The number of benzene rings is 2. The topological polar surface area (TPSA) is 122 Å². The summed E-state index contributed by atoms with van der Waals surface area (Å²) in [6, 6.07) is 7.97. The predicted octanol–water partition coefficient (Wildman–Crippen LogP) is 3.95. The maximum absolute atomic E-state index is 12.8. The maximum Gasteiger partial charge on any atom is 0.335 e. The molecular formula is C27H20O9. The largest absolute Gasteiger partial charge is 0.423 e. The van der Waals surface area contributed by atoms with Crippen LogP contribution >= 0.6 is 0 Å². The summed E-state index contributed by atoms with van der Waals surface area (Å²) in [7, 11) is 0. The molecule has 0 fully saturated rings. The Morgan fingerprint density at radius 1 is 0.583 bits per heavy atom. The summed E-state index contributed by atoms with van der Waals surface area (Å²) in [4.78, 5) is 59.1. The van der Waals surface area contributed by atoms with Crippen LogP contribution in [0.5, 0.6) is 23.0 Å². The summed E-state index contributed by atoms with van der Waals surface area (Å²) >= 11 is 0. The van der Waals surface area contributed by atoms with Gasteiger partial charge in [0.15, 0.2) is 17.3 Å². The van der Waals surface area contributed by atoms with Gasteiger partial charge in [-0.1, -0.05) is 32.4 Å². The van der Waals surface area contributed by atoms with Crippen LogP contribution in [0.25, 0.3) is 6.08 Å². The summed E-state index contributed by atoms with van der Waals surface area (Å²) in [5.41, 5.74) is 0.434. The highest BCUT2D eigenvalue weighted by molar-refractivity contribution is 6.07. The molecule has 182 valence electrons. The highest BCUT2D eigenvalue weighted by atomic mass is 16.6. The molecule has 0 saturated carbocycles. The van der Waals surface area contributed by atoms with E-state index in [-0.39, 0.29) is 28.6 Å². The molecule has 2 aromatic rings. The smallest absolute Gasteiger partial charge is 0.335 e. The molecule has 0 aromatic heterocycles. The number of hydrogen-bond donors (Lipinski definition) is 0. The van der Waals surface area contributed by atoms with E-state index >= 15 is 0 Å². The third kappa shape index (κ3) is 7.92. The van der Waals surface area contributed by atoms with Crippen LogP contribution in [0.4, 0.5) is 0 Å². The summed E-state index contributed by atoms with van der Waals surface area (Å²) in [5, 5.41) is 0. The van der Waals surface area contributed by atoms with Crippen LogP contribution in [0.2, 0.25) is 0 Å². The molecule has 0 atom stereocenters. The first-order valence-corrected chi connectivity index (χ1v) is 10.1. The average molecular weight is 488 g/mol. The van der Waals surface area contributed by atoms with Crippen LogP contribution in [0, 0.1) is 0 Å². The first-order chi connectivity index (χ1) is 17.2. The monoisotopic (exact) mass is 488 g/mol. The van der Waals surface area contributed by atoms with Crippen molar-refractivity contribution in [2.75, 3.05) is 0 Å². The number of rotatable bonds is 11. The molecule has 2 rings (SSSR count). The maximum atomic E-state index is 12.8. The van der Waals surface area contributed by atoms with Crippen LogP contribution < -0.4 is 18.9 Å². The van der Waals surface area contributed by atoms with E-state index in [9.17, 15) is 24.0 Å². The van der Waals surface area contributed by atoms with Gasteiger partial charge in [0.05, 0.1) is 0 Å². The van der Waals surface area contributed by atoms with Gasteiger partial charge in [-0.2, -0.15) is 0 Å². The number of carbonyl (C=O) groups excluding carboxylic acids is 5. The molecule has 0 bridgehead atoms. The Balaban J connectivity index is 2.38. The molecule has 0 aliphatic carbocycles. The summed E-state index contributed by atoms with van der Waals surface area (Å²) in [5.74, 6) is -3.87. The fourth-order valence-electron chi connectivity index (χ4n) is 2.52. The van der Waals surface area contributed by atoms with E-state index in [1.807, 2.05) is 0 Å². The highest BCUT2D eigenvalue weighted by Crippen LogP contribution is 2.30. The van der Waals surface area contributed by atoms with Crippen molar-refractivity contribution in [3.05, 3.63) is 104 Å². The Labute approximate surface area is 206 Å². The van der Waals surface area contributed by atoms with Gasteiger partial charge in [-0.25, -0.2) is 19.2 Å². The van der Waals surface area contributed by atoms with E-state index in [2.05, 4.69) is 26.3 Å². The third-order valence-electron chi connectivity index (χ3n) is 4.08. The molecule has 0 amide bonds. The molecule has 9 heteroatoms. The van der Waals surface area contributed by atoms with Crippen LogP contribution in [0.1, 0.15) is 15.9 Å². The Morgan fingerprint density at radius 2 is 1.06 bits per heavy atom. The molecule has 9 nitrogen and oxygen atoms in total. The summed E-state index contributed by atoms with van der Waals surface area (Å²) in [6.07, 6.45) is 6.28. The summed E-state index contributed by atoms with van der Waals surface area (Å²) in [6.45, 7) is 13.2. The van der Waals surface area contributed by atoms with Gasteiger partial charge in [0.2, 0.25) is 0 Å². The highest BCUT2D eigenvalue weighted by Gasteiger charge is 2.15. The lowest BCUT2D eigenvalue weighted by Gasteiger charge is -2.10. The second-order valence-corrected chi connectivity index (χ2v) is 6.60. The molecule has 0 heterocycles. The van der Waals surface area contributed by atoms with Crippen molar-refractivity contribution in [2.45, 2.75) is 0 Å². The van der Waals surface area contributed by atoms with Gasteiger partial charge in [-0.3, -0.25) is 4.79 Å². The van der Waals surface area contributed by atoms with E-state index < -0.39 is 29.7 Å². The Kier molecular flexibility index (Phi) is 9.58. The number of hydrogen-bond acceptors (Lipinski definition) is 9. The van der Waals surface area contributed by atoms with Crippen LogP contribution in [0.15, 0.2) is 93.1 Å². The number of ketones is 1. The van der Waals surface area contributed by atoms with E-state index in [1.165, 1.54) is 48.6 Å². The molecule has 2 aromatic carbocycles. The fourth-order valence-corrected chi connectivity index (χ4v) is 2.52. The zero-order chi connectivity index (χ0) is 26.7. The predicted molar refractivity (Wildman–Crippen MR) is 130 cm³/mol. The molecule has 0 saturated heterocycles. The van der Waals surface area contributed by atoms with E-state index in [0.717, 1.165) is 24.3 Å². The van der Waals surface area contributed by atoms with E-state index in [1.54, 1.807) is 0 Å². The van der Waals surface area contributed by atoms with Crippen LogP contribution in [0.3, 0.4) is 0 Å². The molecule has 0 aliphatic heterocycles. The SMILES string of the molecule is C=CC(=O)Oc1cc(C=CC(=O)c2ccc(OC(=O)C=C)c(OC(=O)C=C)c2)cc(OC(=O)C=C)c1. The molecule has 36 heavy (non-hydrogen) atoms. The normalized spacial score (nSPS) is 10.0. The molecular weight excluding hydrogens is 468 g/mol. The van der Waals surface area contributed by atoms with Gasteiger partial charge in [0.25, 0.3) is 0 Å². The second-order valence-electron chi connectivity index (χ2n) is 6.60. The van der Waals surface area contributed by atoms with Gasteiger partial charge in [0.1, 0.15) is 11.5 Å². The molecule has 0 radical (unpaired) electrons. The minimum Gasteiger partial charge on any atom is -0.423 e. The first-order valence-electron chi connectivity index (χ1n) is 10.1. The van der Waals surface area contributed by atoms with Gasteiger partial charge in [0, 0.05) is 35.9 Å². The number of carbonyl (C=O) groups is 5. The lowest BCUT2D eigenvalue weighted by Crippen LogP contribution is -2.09. The van der Waals surface area contributed by atoms with Crippen molar-refractivity contribution in [3.63, 3.8) is 0 Å². The van der Waals surface area contributed by atoms with Gasteiger partial charge in [-0.15, -0.1) is 0 Å². The van der Waals surface area contributed by atoms with Crippen molar-refractivity contribution in [2.24, 2.45) is 0 Å². The van der Waals surface area contributed by atoms with Crippen molar-refractivity contribution in [1.29, 1.82) is 0 Å². The summed E-state index contributed by atoms with van der Waals surface area (Å²) < 4.78 is 20.2. The Morgan fingerprint density at radius 3 is 1.56 bits per heavy atom. The Hall–Kier alpha value is -5.31. The average Bonchev–Trinajstić information content (AvgIpc) is 2.87. The number of ether oxygens (including phenoxy) is 4. The van der Waals surface area contributed by atoms with Crippen LogP contribution in [-0.4, -0.2) is 29.7 Å².